The number of sulfone groups is 1. The van der Waals surface area contributed by atoms with Crippen LogP contribution in [-0.4, -0.2) is 67.3 Å². The van der Waals surface area contributed by atoms with E-state index in [1.54, 1.807) is 18.2 Å². The summed E-state index contributed by atoms with van der Waals surface area (Å²) in [6.07, 6.45) is -0.868. The van der Waals surface area contributed by atoms with E-state index < -0.39 is 55.5 Å². The van der Waals surface area contributed by atoms with Crippen LogP contribution in [0.15, 0.2) is 35.2 Å². The molecular weight excluding hydrogens is 462 g/mol. The van der Waals surface area contributed by atoms with E-state index in [0.717, 1.165) is 0 Å². The maximum atomic E-state index is 13.5. The van der Waals surface area contributed by atoms with Gasteiger partial charge in [0.05, 0.1) is 33.7 Å². The average molecular weight is 490 g/mol. The summed E-state index contributed by atoms with van der Waals surface area (Å²) in [5.41, 5.74) is 1.83. The molecule has 1 aliphatic heterocycles. The first-order chi connectivity index (χ1) is 16.0. The van der Waals surface area contributed by atoms with E-state index in [4.69, 9.17) is 10.5 Å². The van der Waals surface area contributed by atoms with Gasteiger partial charge in [-0.15, -0.1) is 0 Å². The zero-order chi connectivity index (χ0) is 24.9. The number of benzene rings is 1. The van der Waals surface area contributed by atoms with Crippen molar-refractivity contribution in [3.05, 3.63) is 30.3 Å². The summed E-state index contributed by atoms with van der Waals surface area (Å²) >= 11 is 0. The molecule has 3 aliphatic rings. The lowest BCUT2D eigenvalue weighted by atomic mass is 9.70. The number of carbonyl (C=O) groups excluding carboxylic acids is 2. The van der Waals surface area contributed by atoms with Crippen molar-refractivity contribution in [2.45, 2.75) is 42.4 Å². The topological polar surface area (TPSA) is 168 Å². The number of hydrogen-bond donors (Lipinski definition) is 2. The summed E-state index contributed by atoms with van der Waals surface area (Å²) in [4.78, 5) is 39.9. The largest absolute Gasteiger partial charge is 0.481 e. The molecule has 2 unspecified atom stereocenters. The first kappa shape index (κ1) is 24.2. The molecule has 182 valence electrons. The van der Waals surface area contributed by atoms with Gasteiger partial charge in [0.1, 0.15) is 5.41 Å². The Balaban J connectivity index is 1.74. The van der Waals surface area contributed by atoms with Crippen molar-refractivity contribution in [2.75, 3.05) is 19.7 Å². The molecule has 0 spiro atoms. The van der Waals surface area contributed by atoms with Gasteiger partial charge in [0.25, 0.3) is 0 Å². The van der Waals surface area contributed by atoms with E-state index in [9.17, 15) is 33.2 Å². The molecule has 3 fully saturated rings. The molecule has 1 aromatic carbocycles. The molecule has 2 amide bonds. The quantitative estimate of drug-likeness (QED) is 0.534. The van der Waals surface area contributed by atoms with Crippen molar-refractivity contribution in [1.29, 1.82) is 5.26 Å². The Morgan fingerprint density at radius 2 is 1.88 bits per heavy atom. The Morgan fingerprint density at radius 3 is 2.38 bits per heavy atom. The van der Waals surface area contributed by atoms with Gasteiger partial charge in [-0.2, -0.15) is 5.26 Å². The molecule has 1 aromatic rings. The number of ether oxygens (including phenoxy) is 1. The minimum Gasteiger partial charge on any atom is -0.481 e. The number of aliphatic carboxylic acids is 1. The first-order valence-corrected chi connectivity index (χ1v) is 12.7. The predicted octanol–water partition coefficient (Wildman–Crippen LogP) is 0.572. The van der Waals surface area contributed by atoms with Gasteiger partial charge < -0.3 is 20.5 Å². The molecule has 2 aliphatic carbocycles. The van der Waals surface area contributed by atoms with Crippen LogP contribution in [0.25, 0.3) is 0 Å². The van der Waals surface area contributed by atoms with Crippen LogP contribution in [0, 0.1) is 34.0 Å². The third-order valence-corrected chi connectivity index (χ3v) is 9.84. The van der Waals surface area contributed by atoms with E-state index >= 15 is 0 Å². The second-order valence-corrected chi connectivity index (χ2v) is 11.6. The molecule has 0 bridgehead atoms. The monoisotopic (exact) mass is 489 g/mol. The number of hydrogen-bond acceptors (Lipinski definition) is 7. The smallest absolute Gasteiger partial charge is 0.310 e. The first-order valence-electron chi connectivity index (χ1n) is 11.2. The normalized spacial score (nSPS) is 33.1. The number of amides is 2. The fourth-order valence-electron chi connectivity index (χ4n) is 5.72. The molecule has 1 saturated heterocycles. The van der Waals surface area contributed by atoms with Crippen LogP contribution in [0.5, 0.6) is 0 Å². The van der Waals surface area contributed by atoms with Crippen molar-refractivity contribution in [2.24, 2.45) is 28.4 Å². The minimum atomic E-state index is -3.97. The molecule has 3 N–H and O–H groups in total. The third-order valence-electron chi connectivity index (χ3n) is 7.68. The standard InChI is InChI=1S/C23H27N3O7S/c1-2-33-14-11-26(12-14)19(27)17-8-16(34(31,32)15-6-4-3-5-7-15)9-23(17,21(29)30)18-10-22(18,13-24)20(25)28/h3-7,14,16-18H,2,8-12H2,1H3,(H2,25,28)(H,29,30)/t16-,17+,18?,22?,23+/m1/s1. The second-order valence-electron chi connectivity index (χ2n) is 9.34. The Hall–Kier alpha value is -2.97. The van der Waals surface area contributed by atoms with Crippen LogP contribution < -0.4 is 5.73 Å². The third kappa shape index (κ3) is 3.47. The number of nitriles is 1. The SMILES string of the molecule is CCOC1CN(C(=O)[C@@H]2C[C@@H](S(=O)(=O)c3ccccc3)C[C@@]2(C(=O)O)C2CC2(C#N)C(N)=O)C1. The number of nitrogens with zero attached hydrogens (tertiary/aromatic N) is 2. The van der Waals surface area contributed by atoms with Gasteiger partial charge in [-0.3, -0.25) is 14.4 Å². The van der Waals surface area contributed by atoms with Gasteiger partial charge >= 0.3 is 5.97 Å². The highest BCUT2D eigenvalue weighted by molar-refractivity contribution is 7.92. The fourth-order valence-corrected chi connectivity index (χ4v) is 7.58. The molecule has 2 saturated carbocycles. The number of likely N-dealkylation sites (tertiary alicyclic amines) is 1. The molecule has 11 heteroatoms. The molecule has 5 atom stereocenters. The average Bonchev–Trinajstić information content (AvgIpc) is 3.40. The van der Waals surface area contributed by atoms with Gasteiger partial charge in [-0.05, 0) is 38.3 Å². The van der Waals surface area contributed by atoms with Crippen LogP contribution in [0.3, 0.4) is 0 Å². The van der Waals surface area contributed by atoms with E-state index in [-0.39, 0.29) is 43.4 Å². The predicted molar refractivity (Wildman–Crippen MR) is 118 cm³/mol. The van der Waals surface area contributed by atoms with Gasteiger partial charge in [0, 0.05) is 25.6 Å². The number of nitrogens with two attached hydrogens (primary N) is 1. The number of carboxylic acid groups (broad SMARTS) is 1. The summed E-state index contributed by atoms with van der Waals surface area (Å²) in [5, 5.41) is 18.9. The summed E-state index contributed by atoms with van der Waals surface area (Å²) in [6, 6.07) is 9.50. The Kier molecular flexibility index (Phi) is 5.94. The summed E-state index contributed by atoms with van der Waals surface area (Å²) in [7, 11) is -3.97. The van der Waals surface area contributed by atoms with Crippen LogP contribution in [-0.2, 0) is 29.0 Å². The van der Waals surface area contributed by atoms with E-state index in [1.165, 1.54) is 17.0 Å². The lowest BCUT2D eigenvalue weighted by molar-refractivity contribution is -0.165. The van der Waals surface area contributed by atoms with Gasteiger partial charge in [-0.25, -0.2) is 8.42 Å². The van der Waals surface area contributed by atoms with Crippen LogP contribution in [0.2, 0.25) is 0 Å². The zero-order valence-corrected chi connectivity index (χ0v) is 19.5. The van der Waals surface area contributed by atoms with Crippen molar-refractivity contribution in [1.82, 2.24) is 4.90 Å². The molecule has 0 radical (unpaired) electrons. The van der Waals surface area contributed by atoms with Gasteiger partial charge in [-0.1, -0.05) is 18.2 Å². The molecule has 1 heterocycles. The molecule has 0 aromatic heterocycles. The van der Waals surface area contributed by atoms with Gasteiger partial charge in [0.15, 0.2) is 9.84 Å². The van der Waals surface area contributed by atoms with Crippen molar-refractivity contribution < 1.29 is 32.6 Å². The maximum absolute atomic E-state index is 13.5. The van der Waals surface area contributed by atoms with E-state index in [0.29, 0.717) is 6.61 Å². The van der Waals surface area contributed by atoms with Crippen molar-refractivity contribution in [3.63, 3.8) is 0 Å². The molecule has 10 nitrogen and oxygen atoms in total. The molecule has 34 heavy (non-hydrogen) atoms. The molecular formula is C23H27N3O7S. The Bertz CT molecular complexity index is 1160. The maximum Gasteiger partial charge on any atom is 0.310 e. The highest BCUT2D eigenvalue weighted by atomic mass is 32.2. The summed E-state index contributed by atoms with van der Waals surface area (Å²) in [5.74, 6) is -5.10. The van der Waals surface area contributed by atoms with Crippen LogP contribution in [0.4, 0.5) is 0 Å². The highest BCUT2D eigenvalue weighted by Crippen LogP contribution is 2.68. The fraction of sp³-hybridized carbons (Fsp3) is 0.565. The lowest BCUT2D eigenvalue weighted by Crippen LogP contribution is -2.58. The number of rotatable bonds is 8. The number of primary amides is 1. The van der Waals surface area contributed by atoms with Gasteiger partial charge in [0.2, 0.25) is 11.8 Å². The van der Waals surface area contributed by atoms with Crippen molar-refractivity contribution >= 4 is 27.6 Å². The van der Waals surface area contributed by atoms with E-state index in [2.05, 4.69) is 0 Å². The lowest BCUT2D eigenvalue weighted by Gasteiger charge is -2.42. The zero-order valence-electron chi connectivity index (χ0n) is 18.7. The Morgan fingerprint density at radius 1 is 1.24 bits per heavy atom. The summed E-state index contributed by atoms with van der Waals surface area (Å²) in [6.45, 7) is 2.85. The summed E-state index contributed by atoms with van der Waals surface area (Å²) < 4.78 is 32.3. The second kappa shape index (κ2) is 8.36. The van der Waals surface area contributed by atoms with Crippen molar-refractivity contribution in [3.8, 4) is 6.07 Å². The van der Waals surface area contributed by atoms with Crippen LogP contribution in [0.1, 0.15) is 26.2 Å². The molecule has 4 rings (SSSR count). The number of carboxylic acids is 1. The highest BCUT2D eigenvalue weighted by Gasteiger charge is 2.76. The van der Waals surface area contributed by atoms with Crippen LogP contribution >= 0.6 is 0 Å². The Labute approximate surface area is 197 Å². The van der Waals surface area contributed by atoms with E-state index in [1.807, 2.05) is 13.0 Å². The number of carbonyl (C=O) groups is 3. The minimum absolute atomic E-state index is 0.0324.